The van der Waals surface area contributed by atoms with Crippen molar-refractivity contribution in [3.63, 3.8) is 0 Å². The van der Waals surface area contributed by atoms with Gasteiger partial charge < -0.3 is 20.3 Å². The molecule has 9 heteroatoms. The van der Waals surface area contributed by atoms with Crippen molar-refractivity contribution in [3.05, 3.63) is 65.1 Å². The number of benzene rings is 2. The first-order valence-electron chi connectivity index (χ1n) is 15.2. The van der Waals surface area contributed by atoms with E-state index in [1.165, 1.54) is 50.7 Å². The Morgan fingerprint density at radius 2 is 1.71 bits per heavy atom. The van der Waals surface area contributed by atoms with Crippen molar-refractivity contribution in [2.75, 3.05) is 43.1 Å². The van der Waals surface area contributed by atoms with Crippen molar-refractivity contribution in [1.82, 2.24) is 15.5 Å². The average molecular weight is 572 g/mol. The summed E-state index contributed by atoms with van der Waals surface area (Å²) in [6.45, 7) is 5.14. The Labute approximate surface area is 245 Å². The number of ether oxygens (including phenoxy) is 1. The SMILES string of the molecule is Cc1ccc(NC(=O)c2cc(F)cc(N3CCOCC3)c2)cc1-c1cc(C(=O)NCC23CC4CC(CC(C4)C2)C3)[nH]n1. The third-order valence-electron chi connectivity index (χ3n) is 9.90. The Hall–Kier alpha value is -3.72. The fourth-order valence-electron chi connectivity index (χ4n) is 8.33. The predicted octanol–water partition coefficient (Wildman–Crippen LogP) is 5.56. The molecular formula is C33H38FN5O3. The number of carbonyl (C=O) groups is 2. The molecule has 42 heavy (non-hydrogen) atoms. The second kappa shape index (κ2) is 10.8. The van der Waals surface area contributed by atoms with E-state index in [0.717, 1.165) is 35.4 Å². The van der Waals surface area contributed by atoms with E-state index >= 15 is 0 Å². The van der Waals surface area contributed by atoms with Crippen LogP contribution in [-0.4, -0.2) is 54.9 Å². The van der Waals surface area contributed by atoms with Crippen LogP contribution in [-0.2, 0) is 4.74 Å². The van der Waals surface area contributed by atoms with E-state index in [0.29, 0.717) is 49.1 Å². The highest BCUT2D eigenvalue weighted by atomic mass is 19.1. The maximum Gasteiger partial charge on any atom is 0.269 e. The highest BCUT2D eigenvalue weighted by molar-refractivity contribution is 6.05. The number of nitrogens with zero attached hydrogens (tertiary/aromatic N) is 2. The molecule has 0 unspecified atom stereocenters. The van der Waals surface area contributed by atoms with Crippen LogP contribution in [0.1, 0.15) is 64.9 Å². The van der Waals surface area contributed by atoms with Gasteiger partial charge >= 0.3 is 0 Å². The molecule has 2 aromatic carbocycles. The maximum atomic E-state index is 14.4. The molecule has 1 aliphatic heterocycles. The van der Waals surface area contributed by atoms with Crippen molar-refractivity contribution >= 4 is 23.2 Å². The zero-order valence-corrected chi connectivity index (χ0v) is 24.0. The number of carbonyl (C=O) groups excluding carboxylic acids is 2. The summed E-state index contributed by atoms with van der Waals surface area (Å²) in [5, 5.41) is 13.5. The number of hydrogen-bond donors (Lipinski definition) is 3. The number of aryl methyl sites for hydroxylation is 1. The van der Waals surface area contributed by atoms with Crippen LogP contribution in [0, 0.1) is 35.9 Å². The molecule has 8 rings (SSSR count). The van der Waals surface area contributed by atoms with Gasteiger partial charge in [0.1, 0.15) is 11.5 Å². The molecule has 5 fully saturated rings. The van der Waals surface area contributed by atoms with Crippen molar-refractivity contribution in [2.24, 2.45) is 23.2 Å². The zero-order valence-electron chi connectivity index (χ0n) is 24.0. The average Bonchev–Trinajstić information content (AvgIpc) is 3.47. The van der Waals surface area contributed by atoms with E-state index < -0.39 is 11.7 Å². The van der Waals surface area contributed by atoms with E-state index in [2.05, 4.69) is 20.8 Å². The van der Waals surface area contributed by atoms with Crippen LogP contribution in [0.2, 0.25) is 0 Å². The van der Waals surface area contributed by atoms with Gasteiger partial charge in [0.25, 0.3) is 11.8 Å². The number of H-pyrrole nitrogens is 1. The first-order valence-corrected chi connectivity index (χ1v) is 15.2. The van der Waals surface area contributed by atoms with Crippen molar-refractivity contribution < 1.29 is 18.7 Å². The third kappa shape index (κ3) is 5.42. The summed E-state index contributed by atoms with van der Waals surface area (Å²) in [5.41, 5.74) is 4.56. The largest absolute Gasteiger partial charge is 0.378 e. The van der Waals surface area contributed by atoms with Gasteiger partial charge in [0.15, 0.2) is 0 Å². The number of amides is 2. The van der Waals surface area contributed by atoms with E-state index in [9.17, 15) is 14.0 Å². The van der Waals surface area contributed by atoms with Crippen LogP contribution in [0.3, 0.4) is 0 Å². The molecule has 4 saturated carbocycles. The van der Waals surface area contributed by atoms with Crippen LogP contribution in [0.5, 0.6) is 0 Å². The molecule has 0 spiro atoms. The number of hydrogen-bond acceptors (Lipinski definition) is 5. The molecule has 4 bridgehead atoms. The predicted molar refractivity (Wildman–Crippen MR) is 159 cm³/mol. The molecule has 2 heterocycles. The fourth-order valence-corrected chi connectivity index (χ4v) is 8.33. The minimum Gasteiger partial charge on any atom is -0.378 e. The number of halogens is 1. The van der Waals surface area contributed by atoms with E-state index in [1.807, 2.05) is 30.0 Å². The lowest BCUT2D eigenvalue weighted by Crippen LogP contribution is -2.51. The van der Waals surface area contributed by atoms with Crippen LogP contribution in [0.25, 0.3) is 11.3 Å². The third-order valence-corrected chi connectivity index (χ3v) is 9.90. The Balaban J connectivity index is 1.03. The molecule has 8 nitrogen and oxygen atoms in total. The van der Waals surface area contributed by atoms with Gasteiger partial charge in [-0.25, -0.2) is 4.39 Å². The highest BCUT2D eigenvalue weighted by Gasteiger charge is 2.50. The normalized spacial score (nSPS) is 26.3. The minimum atomic E-state index is -0.459. The molecule has 3 aromatic rings. The first-order chi connectivity index (χ1) is 20.3. The van der Waals surface area contributed by atoms with E-state index in [4.69, 9.17) is 4.74 Å². The zero-order chi connectivity index (χ0) is 28.8. The number of aromatic amines is 1. The summed E-state index contributed by atoms with van der Waals surface area (Å²) >= 11 is 0. The smallest absolute Gasteiger partial charge is 0.269 e. The summed E-state index contributed by atoms with van der Waals surface area (Å²) in [6.07, 6.45) is 7.88. The van der Waals surface area contributed by atoms with Crippen LogP contribution in [0.15, 0.2) is 42.5 Å². The van der Waals surface area contributed by atoms with E-state index in [1.54, 1.807) is 12.1 Å². The molecule has 3 N–H and O–H groups in total. The number of nitrogens with one attached hydrogen (secondary N) is 3. The Bertz CT molecular complexity index is 1480. The lowest BCUT2D eigenvalue weighted by atomic mass is 9.49. The van der Waals surface area contributed by atoms with Crippen molar-refractivity contribution in [2.45, 2.75) is 45.4 Å². The minimum absolute atomic E-state index is 0.131. The topological polar surface area (TPSA) is 99.4 Å². The van der Waals surface area contributed by atoms with Gasteiger partial charge in [-0.05, 0) is 111 Å². The van der Waals surface area contributed by atoms with Gasteiger partial charge in [-0.2, -0.15) is 5.10 Å². The molecular weight excluding hydrogens is 533 g/mol. The molecule has 2 amide bonds. The molecule has 0 atom stereocenters. The maximum absolute atomic E-state index is 14.4. The van der Waals surface area contributed by atoms with E-state index in [-0.39, 0.29) is 16.9 Å². The highest BCUT2D eigenvalue weighted by Crippen LogP contribution is 2.59. The second-order valence-electron chi connectivity index (χ2n) is 13.0. The number of rotatable bonds is 7. The number of morpholine rings is 1. The van der Waals surface area contributed by atoms with Crippen LogP contribution < -0.4 is 15.5 Å². The fraction of sp³-hybridized carbons (Fsp3) is 0.485. The summed E-state index contributed by atoms with van der Waals surface area (Å²) in [7, 11) is 0. The summed E-state index contributed by atoms with van der Waals surface area (Å²) < 4.78 is 19.8. The molecule has 4 aliphatic carbocycles. The van der Waals surface area contributed by atoms with Gasteiger partial charge in [0, 0.05) is 42.1 Å². The Morgan fingerprint density at radius 3 is 2.43 bits per heavy atom. The molecule has 1 aromatic heterocycles. The van der Waals surface area contributed by atoms with Gasteiger partial charge in [0.05, 0.1) is 18.9 Å². The first kappa shape index (κ1) is 27.1. The van der Waals surface area contributed by atoms with Gasteiger partial charge in [0.2, 0.25) is 0 Å². The monoisotopic (exact) mass is 571 g/mol. The van der Waals surface area contributed by atoms with Gasteiger partial charge in [-0.1, -0.05) is 6.07 Å². The summed E-state index contributed by atoms with van der Waals surface area (Å²) in [4.78, 5) is 28.3. The Morgan fingerprint density at radius 1 is 1.00 bits per heavy atom. The molecule has 5 aliphatic rings. The summed E-state index contributed by atoms with van der Waals surface area (Å²) in [5.74, 6) is 1.54. The van der Waals surface area contributed by atoms with Crippen molar-refractivity contribution in [3.8, 4) is 11.3 Å². The quantitative estimate of drug-likeness (QED) is 0.345. The van der Waals surface area contributed by atoms with Crippen molar-refractivity contribution in [1.29, 1.82) is 0 Å². The standard InChI is InChI=1S/C33H38FN5O3/c1-20-2-3-26(36-31(40)24-11-25(34)13-27(12-24)39-4-6-42-7-5-39)14-28(20)29-15-30(38-37-29)32(41)35-19-33-16-21-8-22(17-33)10-23(9-21)18-33/h2-3,11-15,21-23H,4-10,16-19H2,1H3,(H,35,41)(H,36,40)(H,37,38). The lowest BCUT2D eigenvalue weighted by molar-refractivity contribution is -0.0503. The molecule has 0 radical (unpaired) electrons. The second-order valence-corrected chi connectivity index (χ2v) is 13.0. The number of aromatic nitrogens is 2. The lowest BCUT2D eigenvalue weighted by Gasteiger charge is -2.56. The molecule has 220 valence electrons. The molecule has 1 saturated heterocycles. The van der Waals surface area contributed by atoms with Gasteiger partial charge in [-0.15, -0.1) is 0 Å². The Kier molecular flexibility index (Phi) is 7.00. The number of anilines is 2. The van der Waals surface area contributed by atoms with Crippen LogP contribution in [0.4, 0.5) is 15.8 Å². The van der Waals surface area contributed by atoms with Gasteiger partial charge in [-0.3, -0.25) is 14.7 Å². The van der Waals surface area contributed by atoms with Crippen LogP contribution >= 0.6 is 0 Å². The summed E-state index contributed by atoms with van der Waals surface area (Å²) in [6, 6.07) is 11.7.